The zero-order chi connectivity index (χ0) is 19.0. The number of rotatable bonds is 4. The van der Waals surface area contributed by atoms with Crippen molar-refractivity contribution >= 4 is 28.6 Å². The van der Waals surface area contributed by atoms with Gasteiger partial charge in [-0.15, -0.1) is 0 Å². The van der Waals surface area contributed by atoms with Crippen LogP contribution in [0.1, 0.15) is 25.6 Å². The molecule has 2 aliphatic heterocycles. The minimum Gasteiger partial charge on any atom is -0.396 e. The maximum absolute atomic E-state index is 9.57. The van der Waals surface area contributed by atoms with Gasteiger partial charge in [-0.2, -0.15) is 9.97 Å². The molecule has 0 amide bonds. The number of aromatic nitrogens is 4. The molecule has 4 rings (SSSR count). The second-order valence-electron chi connectivity index (χ2n) is 7.92. The molecule has 2 fully saturated rings. The lowest BCUT2D eigenvalue weighted by Gasteiger charge is -2.37. The van der Waals surface area contributed by atoms with Gasteiger partial charge >= 0.3 is 0 Å². The third kappa shape index (κ3) is 3.76. The summed E-state index contributed by atoms with van der Waals surface area (Å²) in [5.41, 5.74) is 1.62. The van der Waals surface area contributed by atoms with Crippen LogP contribution in [0.15, 0.2) is 0 Å². The van der Waals surface area contributed by atoms with Crippen molar-refractivity contribution in [3.8, 4) is 0 Å². The van der Waals surface area contributed by atoms with Crippen LogP contribution in [-0.4, -0.2) is 75.5 Å². The first-order valence-electron chi connectivity index (χ1n) is 9.54. The van der Waals surface area contributed by atoms with E-state index < -0.39 is 0 Å². The van der Waals surface area contributed by atoms with Gasteiger partial charge in [0.25, 0.3) is 0 Å². The Kier molecular flexibility index (Phi) is 5.24. The molecule has 0 radical (unpaired) electrons. The van der Waals surface area contributed by atoms with E-state index in [2.05, 4.69) is 26.7 Å². The number of nitrogens with zero attached hydrogens (tertiary/aromatic N) is 6. The molecule has 4 heterocycles. The molecule has 0 aliphatic carbocycles. The molecule has 0 bridgehead atoms. The summed E-state index contributed by atoms with van der Waals surface area (Å²) in [4.78, 5) is 18.3. The molecule has 2 aliphatic rings. The number of ether oxygens (including phenoxy) is 1. The number of aliphatic hydroxyl groups is 1. The van der Waals surface area contributed by atoms with E-state index in [0.717, 1.165) is 68.4 Å². The van der Waals surface area contributed by atoms with Gasteiger partial charge in [0.1, 0.15) is 5.82 Å². The third-order valence-electron chi connectivity index (χ3n) is 5.89. The van der Waals surface area contributed by atoms with Crippen molar-refractivity contribution in [2.75, 3.05) is 50.9 Å². The average molecular weight is 395 g/mol. The van der Waals surface area contributed by atoms with Crippen LogP contribution in [0.5, 0.6) is 0 Å². The Labute approximate surface area is 164 Å². The van der Waals surface area contributed by atoms with E-state index in [1.165, 1.54) is 0 Å². The van der Waals surface area contributed by atoms with Crippen molar-refractivity contribution in [1.82, 2.24) is 24.4 Å². The summed E-state index contributed by atoms with van der Waals surface area (Å²) in [5, 5.41) is 9.82. The summed E-state index contributed by atoms with van der Waals surface area (Å²) in [6, 6.07) is 0. The van der Waals surface area contributed by atoms with Crippen LogP contribution >= 0.6 is 11.6 Å². The smallest absolute Gasteiger partial charge is 0.226 e. The van der Waals surface area contributed by atoms with Gasteiger partial charge in [-0.05, 0) is 42.9 Å². The SMILES string of the molecule is Cn1c(CN2CCC(C)(CO)CC2)nc2c(N3CCOCC3)nc(Cl)nc21. The molecule has 9 heteroatoms. The van der Waals surface area contributed by atoms with Gasteiger partial charge in [0.15, 0.2) is 17.0 Å². The molecule has 2 aromatic heterocycles. The third-order valence-corrected chi connectivity index (χ3v) is 6.06. The highest BCUT2D eigenvalue weighted by atomic mass is 35.5. The van der Waals surface area contributed by atoms with E-state index in [-0.39, 0.29) is 17.3 Å². The Morgan fingerprint density at radius 3 is 2.48 bits per heavy atom. The minimum atomic E-state index is 0.0470. The average Bonchev–Trinajstić information content (AvgIpc) is 2.99. The molecule has 27 heavy (non-hydrogen) atoms. The molecule has 148 valence electrons. The Balaban J connectivity index is 1.60. The summed E-state index contributed by atoms with van der Waals surface area (Å²) < 4.78 is 7.47. The normalized spacial score (nSPS) is 21.1. The quantitative estimate of drug-likeness (QED) is 0.786. The van der Waals surface area contributed by atoms with E-state index in [0.29, 0.717) is 13.2 Å². The van der Waals surface area contributed by atoms with Crippen molar-refractivity contribution in [1.29, 1.82) is 0 Å². The van der Waals surface area contributed by atoms with Crippen LogP contribution in [0, 0.1) is 5.41 Å². The van der Waals surface area contributed by atoms with Crippen LogP contribution in [0.25, 0.3) is 11.2 Å². The highest BCUT2D eigenvalue weighted by Crippen LogP contribution is 2.31. The number of aryl methyl sites for hydroxylation is 1. The van der Waals surface area contributed by atoms with Crippen molar-refractivity contribution < 1.29 is 9.84 Å². The zero-order valence-electron chi connectivity index (χ0n) is 16.0. The minimum absolute atomic E-state index is 0.0470. The maximum atomic E-state index is 9.57. The van der Waals surface area contributed by atoms with Crippen LogP contribution in [0.2, 0.25) is 5.28 Å². The van der Waals surface area contributed by atoms with Gasteiger partial charge in [0, 0.05) is 26.7 Å². The van der Waals surface area contributed by atoms with Crippen molar-refractivity contribution in [3.63, 3.8) is 0 Å². The first kappa shape index (κ1) is 18.9. The predicted octanol–water partition coefficient (Wildman–Crippen LogP) is 1.45. The van der Waals surface area contributed by atoms with E-state index in [9.17, 15) is 5.11 Å². The van der Waals surface area contributed by atoms with Gasteiger partial charge in [0.2, 0.25) is 5.28 Å². The lowest BCUT2D eigenvalue weighted by Crippen LogP contribution is -2.40. The van der Waals surface area contributed by atoms with Crippen LogP contribution in [0.3, 0.4) is 0 Å². The van der Waals surface area contributed by atoms with Crippen molar-refractivity contribution in [2.24, 2.45) is 12.5 Å². The molecule has 0 spiro atoms. The number of hydrogen-bond donors (Lipinski definition) is 1. The number of piperidine rings is 1. The number of anilines is 1. The fourth-order valence-corrected chi connectivity index (χ4v) is 3.97. The number of halogens is 1. The fourth-order valence-electron chi connectivity index (χ4n) is 3.81. The van der Waals surface area contributed by atoms with Gasteiger partial charge in [-0.25, -0.2) is 4.98 Å². The molecule has 8 nitrogen and oxygen atoms in total. The van der Waals surface area contributed by atoms with Gasteiger partial charge < -0.3 is 19.3 Å². The van der Waals surface area contributed by atoms with E-state index in [4.69, 9.17) is 21.3 Å². The van der Waals surface area contributed by atoms with Gasteiger partial charge in [-0.3, -0.25) is 4.90 Å². The van der Waals surface area contributed by atoms with Crippen molar-refractivity contribution in [2.45, 2.75) is 26.3 Å². The first-order valence-corrected chi connectivity index (χ1v) is 9.92. The lowest BCUT2D eigenvalue weighted by atomic mass is 9.81. The van der Waals surface area contributed by atoms with E-state index >= 15 is 0 Å². The van der Waals surface area contributed by atoms with Crippen molar-refractivity contribution in [3.05, 3.63) is 11.1 Å². The number of imidazole rings is 1. The Bertz CT molecular complexity index is 812. The zero-order valence-corrected chi connectivity index (χ0v) is 16.7. The molecule has 0 atom stereocenters. The lowest BCUT2D eigenvalue weighted by molar-refractivity contribution is 0.0544. The highest BCUT2D eigenvalue weighted by Gasteiger charge is 2.30. The molecular weight excluding hydrogens is 368 g/mol. The standard InChI is InChI=1S/C18H27ClN6O2/c1-18(12-26)3-5-24(6-4-18)11-13-20-14-15(23(13)2)21-17(19)22-16(14)25-7-9-27-10-8-25/h26H,3-12H2,1-2H3. The molecular formula is C18H27ClN6O2. The van der Waals surface area contributed by atoms with Crippen LogP contribution in [-0.2, 0) is 18.3 Å². The summed E-state index contributed by atoms with van der Waals surface area (Å²) in [7, 11) is 1.98. The van der Waals surface area contributed by atoms with Gasteiger partial charge in [-0.1, -0.05) is 6.92 Å². The molecule has 0 unspecified atom stereocenters. The summed E-state index contributed by atoms with van der Waals surface area (Å²) in [6.45, 7) is 8.01. The molecule has 1 N–H and O–H groups in total. The molecule has 2 saturated heterocycles. The molecule has 0 saturated carbocycles. The first-order chi connectivity index (χ1) is 13.0. The maximum Gasteiger partial charge on any atom is 0.226 e. The number of aliphatic hydroxyl groups excluding tert-OH is 1. The second-order valence-corrected chi connectivity index (χ2v) is 8.26. The summed E-state index contributed by atoms with van der Waals surface area (Å²) in [6.07, 6.45) is 2.00. The number of likely N-dealkylation sites (tertiary alicyclic amines) is 1. The highest BCUT2D eigenvalue weighted by molar-refractivity contribution is 6.28. The summed E-state index contributed by atoms with van der Waals surface area (Å²) in [5.74, 6) is 1.75. The topological polar surface area (TPSA) is 79.5 Å². The molecule has 2 aromatic rings. The Morgan fingerprint density at radius 1 is 1.11 bits per heavy atom. The monoisotopic (exact) mass is 394 g/mol. The Hall–Kier alpha value is -1.48. The Morgan fingerprint density at radius 2 is 1.81 bits per heavy atom. The number of morpholine rings is 1. The van der Waals surface area contributed by atoms with Crippen LogP contribution < -0.4 is 4.90 Å². The van der Waals surface area contributed by atoms with E-state index in [1.54, 1.807) is 0 Å². The van der Waals surface area contributed by atoms with Gasteiger partial charge in [0.05, 0.1) is 19.8 Å². The largest absolute Gasteiger partial charge is 0.396 e. The van der Waals surface area contributed by atoms with Crippen LogP contribution in [0.4, 0.5) is 5.82 Å². The molecule has 0 aromatic carbocycles. The number of fused-ring (bicyclic) bond motifs is 1. The fraction of sp³-hybridized carbons (Fsp3) is 0.722. The van der Waals surface area contributed by atoms with E-state index in [1.807, 2.05) is 11.6 Å². The predicted molar refractivity (Wildman–Crippen MR) is 104 cm³/mol. The summed E-state index contributed by atoms with van der Waals surface area (Å²) >= 11 is 6.21. The number of hydrogen-bond acceptors (Lipinski definition) is 7. The second kappa shape index (κ2) is 7.50.